The van der Waals surface area contributed by atoms with E-state index in [0.29, 0.717) is 36.3 Å². The van der Waals surface area contributed by atoms with Crippen molar-refractivity contribution in [1.29, 1.82) is 0 Å². The average Bonchev–Trinajstić information content (AvgIpc) is 3.72. The maximum Gasteiger partial charge on any atom is 0.323 e. The summed E-state index contributed by atoms with van der Waals surface area (Å²) < 4.78 is 19.5. The predicted octanol–water partition coefficient (Wildman–Crippen LogP) is 3.17. The van der Waals surface area contributed by atoms with Crippen LogP contribution >= 0.6 is 0 Å². The van der Waals surface area contributed by atoms with Crippen LogP contribution in [0.5, 0.6) is 0 Å². The number of rotatable bonds is 13. The van der Waals surface area contributed by atoms with Gasteiger partial charge in [0.25, 0.3) is 0 Å². The molecule has 0 spiro atoms. The van der Waals surface area contributed by atoms with Crippen molar-refractivity contribution in [1.82, 2.24) is 14.6 Å². The number of esters is 2. The van der Waals surface area contributed by atoms with Crippen LogP contribution in [0.4, 0.5) is 5.82 Å². The highest BCUT2D eigenvalue weighted by Crippen LogP contribution is 2.43. The van der Waals surface area contributed by atoms with Gasteiger partial charge < -0.3 is 30.4 Å². The number of aliphatic imine (C=N–C) groups is 1. The molecule has 0 unspecified atom stereocenters. The van der Waals surface area contributed by atoms with Crippen LogP contribution in [0.1, 0.15) is 85.3 Å². The Bertz CT molecular complexity index is 1360. The molecule has 4 N–H and O–H groups in total. The Hall–Kier alpha value is -3.42. The summed E-state index contributed by atoms with van der Waals surface area (Å²) in [5.41, 5.74) is 4.79. The molecule has 248 valence electrons. The highest BCUT2D eigenvalue weighted by molar-refractivity contribution is 5.95. The predicted molar refractivity (Wildman–Crippen MR) is 168 cm³/mol. The van der Waals surface area contributed by atoms with Crippen LogP contribution in [-0.2, 0) is 34.2 Å². The fourth-order valence-corrected chi connectivity index (χ4v) is 6.21. The molecule has 1 aliphatic heterocycles. The quantitative estimate of drug-likeness (QED) is 0.220. The molecule has 3 heterocycles. The zero-order valence-electron chi connectivity index (χ0n) is 27.0. The highest BCUT2D eigenvalue weighted by atomic mass is 16.6. The number of nitrogens with two attached hydrogens (primary N) is 1. The molecule has 0 radical (unpaired) electrons. The molecular weight excluding hydrogens is 580 g/mol. The lowest BCUT2D eigenvalue weighted by Gasteiger charge is -2.31. The van der Waals surface area contributed by atoms with E-state index in [1.165, 1.54) is 10.8 Å². The van der Waals surface area contributed by atoms with Gasteiger partial charge in [-0.25, -0.2) is 9.50 Å². The van der Waals surface area contributed by atoms with Crippen LogP contribution in [0.15, 0.2) is 23.5 Å². The number of carbonyl (C=O) groups excluding carboxylic acids is 3. The van der Waals surface area contributed by atoms with E-state index < -0.39 is 41.3 Å². The van der Waals surface area contributed by atoms with Crippen molar-refractivity contribution in [2.24, 2.45) is 28.0 Å². The van der Waals surface area contributed by atoms with Gasteiger partial charge in [0.05, 0.1) is 12.2 Å². The Kier molecular flexibility index (Phi) is 11.0. The Morgan fingerprint density at radius 1 is 1.24 bits per heavy atom. The van der Waals surface area contributed by atoms with Gasteiger partial charge in [-0.2, -0.15) is 5.10 Å². The van der Waals surface area contributed by atoms with Crippen molar-refractivity contribution >= 4 is 35.9 Å². The molecule has 1 saturated carbocycles. The Balaban J connectivity index is 1.68. The molecule has 13 heteroatoms. The maximum atomic E-state index is 13.2. The SMILES string of the molecule is C=NC[C@@]1(c2ccc3c(NC(=O)C(CC)CC)ncnn23)O[C@H](COC(=O)CC2CCCC2)[C@@H](OC(=O)[C@H](N)C(C)(C)C)[C@H]1O. The first-order valence-electron chi connectivity index (χ1n) is 15.9. The minimum Gasteiger partial charge on any atom is -0.463 e. The number of aliphatic hydroxyl groups excluding tert-OH is 1. The smallest absolute Gasteiger partial charge is 0.323 e. The molecule has 4 rings (SSSR count). The van der Waals surface area contributed by atoms with Gasteiger partial charge in [0.2, 0.25) is 5.91 Å². The second kappa shape index (κ2) is 14.3. The molecule has 1 amide bonds. The first-order chi connectivity index (χ1) is 21.4. The molecule has 45 heavy (non-hydrogen) atoms. The summed E-state index contributed by atoms with van der Waals surface area (Å²) in [5.74, 6) is -0.884. The van der Waals surface area contributed by atoms with Gasteiger partial charge in [0.15, 0.2) is 17.5 Å². The van der Waals surface area contributed by atoms with Gasteiger partial charge in [-0.3, -0.25) is 19.4 Å². The fourth-order valence-electron chi connectivity index (χ4n) is 6.21. The Morgan fingerprint density at radius 3 is 2.56 bits per heavy atom. The number of fused-ring (bicyclic) bond motifs is 1. The van der Waals surface area contributed by atoms with Crippen molar-refractivity contribution in [2.45, 2.75) is 110 Å². The number of carbonyl (C=O) groups is 3. The molecule has 2 aromatic rings. The van der Waals surface area contributed by atoms with Crippen LogP contribution < -0.4 is 11.1 Å². The number of aliphatic hydroxyl groups is 1. The van der Waals surface area contributed by atoms with E-state index in [1.807, 2.05) is 13.8 Å². The van der Waals surface area contributed by atoms with Gasteiger partial charge in [0.1, 0.15) is 36.7 Å². The summed E-state index contributed by atoms with van der Waals surface area (Å²) in [7, 11) is 0. The number of aromatic nitrogens is 3. The molecule has 2 aromatic heterocycles. The van der Waals surface area contributed by atoms with E-state index in [-0.39, 0.29) is 36.9 Å². The average molecular weight is 629 g/mol. The summed E-state index contributed by atoms with van der Waals surface area (Å²) >= 11 is 0. The van der Waals surface area contributed by atoms with E-state index >= 15 is 0 Å². The van der Waals surface area contributed by atoms with Gasteiger partial charge in [-0.15, -0.1) is 0 Å². The third kappa shape index (κ3) is 7.36. The maximum absolute atomic E-state index is 13.2. The molecule has 2 fully saturated rings. The van der Waals surface area contributed by atoms with Gasteiger partial charge in [0, 0.05) is 12.3 Å². The second-order valence-corrected chi connectivity index (χ2v) is 13.3. The molecule has 1 aliphatic carbocycles. The van der Waals surface area contributed by atoms with Crippen LogP contribution in [-0.4, -0.2) is 81.8 Å². The van der Waals surface area contributed by atoms with E-state index in [4.69, 9.17) is 19.9 Å². The third-order valence-corrected chi connectivity index (χ3v) is 9.13. The largest absolute Gasteiger partial charge is 0.463 e. The number of ether oxygens (including phenoxy) is 3. The number of anilines is 1. The molecular formula is C32H48N6O7. The summed E-state index contributed by atoms with van der Waals surface area (Å²) in [6.07, 6.45) is 3.30. The zero-order valence-corrected chi connectivity index (χ0v) is 27.0. The van der Waals surface area contributed by atoms with E-state index in [2.05, 4.69) is 27.1 Å². The summed E-state index contributed by atoms with van der Waals surface area (Å²) in [5, 5.41) is 19.2. The van der Waals surface area contributed by atoms with Crippen molar-refractivity contribution in [3.63, 3.8) is 0 Å². The minimum absolute atomic E-state index is 0.147. The van der Waals surface area contributed by atoms with Gasteiger partial charge >= 0.3 is 11.9 Å². The number of nitrogens with zero attached hydrogens (tertiary/aromatic N) is 4. The highest BCUT2D eigenvalue weighted by Gasteiger charge is 2.59. The molecule has 13 nitrogen and oxygen atoms in total. The summed E-state index contributed by atoms with van der Waals surface area (Å²) in [4.78, 5) is 47.2. The Labute approximate surface area is 264 Å². The number of amides is 1. The topological polar surface area (TPSA) is 180 Å². The lowest BCUT2D eigenvalue weighted by Crippen LogP contribution is -2.49. The summed E-state index contributed by atoms with van der Waals surface area (Å²) in [6, 6.07) is 2.38. The van der Waals surface area contributed by atoms with E-state index in [9.17, 15) is 19.5 Å². The third-order valence-electron chi connectivity index (χ3n) is 9.13. The van der Waals surface area contributed by atoms with E-state index in [1.54, 1.807) is 32.9 Å². The van der Waals surface area contributed by atoms with Crippen molar-refractivity contribution in [2.75, 3.05) is 18.5 Å². The fraction of sp³-hybridized carbons (Fsp3) is 0.688. The zero-order chi connectivity index (χ0) is 32.9. The molecule has 0 aromatic carbocycles. The molecule has 2 aliphatic rings. The second-order valence-electron chi connectivity index (χ2n) is 13.3. The van der Waals surface area contributed by atoms with Crippen LogP contribution in [0.25, 0.3) is 5.52 Å². The standard InChI is InChI=1S/C32H48N6O7/c1-7-20(8-2)29(41)37-28-21-13-14-23(38(21)36-18-35-28)32(17-34-6)27(40)25(44-30(42)26(33)31(3,4)5)22(45-32)16-43-24(39)15-19-11-9-10-12-19/h13-14,18-20,22,25-27,40H,6-12,15-17,33H2,1-5H3,(H,35,36,37,41)/t22-,25-,26+,27-,32+/m1/s1. The minimum atomic E-state index is -1.61. The molecule has 1 saturated heterocycles. The first kappa shape index (κ1) is 34.5. The number of nitrogens with one attached hydrogen (secondary N) is 1. The van der Waals surface area contributed by atoms with Crippen LogP contribution in [0, 0.1) is 17.3 Å². The lowest BCUT2D eigenvalue weighted by molar-refractivity contribution is -0.163. The normalized spacial score (nSPS) is 24.6. The van der Waals surface area contributed by atoms with E-state index in [0.717, 1.165) is 25.7 Å². The number of hydrogen-bond acceptors (Lipinski definition) is 11. The summed E-state index contributed by atoms with van der Waals surface area (Å²) in [6.45, 7) is 12.5. The van der Waals surface area contributed by atoms with Crippen LogP contribution in [0.2, 0.25) is 0 Å². The van der Waals surface area contributed by atoms with Gasteiger partial charge in [-0.1, -0.05) is 47.5 Å². The number of hydrogen-bond donors (Lipinski definition) is 3. The molecule has 0 bridgehead atoms. The van der Waals surface area contributed by atoms with Crippen LogP contribution in [0.3, 0.4) is 0 Å². The Morgan fingerprint density at radius 2 is 1.93 bits per heavy atom. The van der Waals surface area contributed by atoms with Crippen molar-refractivity contribution in [3.05, 3.63) is 24.2 Å². The van der Waals surface area contributed by atoms with Crippen molar-refractivity contribution < 1.29 is 33.7 Å². The monoisotopic (exact) mass is 628 g/mol. The lowest BCUT2D eigenvalue weighted by atomic mass is 9.87. The molecule has 5 atom stereocenters. The van der Waals surface area contributed by atoms with Gasteiger partial charge in [-0.05, 0) is 55.9 Å². The van der Waals surface area contributed by atoms with Crippen molar-refractivity contribution in [3.8, 4) is 0 Å². The first-order valence-corrected chi connectivity index (χ1v) is 15.9.